The lowest BCUT2D eigenvalue weighted by Crippen LogP contribution is -2.35. The zero-order valence-electron chi connectivity index (χ0n) is 11.5. The van der Waals surface area contributed by atoms with Crippen molar-refractivity contribution in [2.24, 2.45) is 5.92 Å². The molecule has 2 nitrogen and oxygen atoms in total. The first-order valence-electron chi connectivity index (χ1n) is 7.18. The summed E-state index contributed by atoms with van der Waals surface area (Å²) in [6.45, 7) is 12.1. The average molecular weight is 226 g/mol. The Bertz CT molecular complexity index is 162. The Morgan fingerprint density at radius 2 is 2.00 bits per heavy atom. The fourth-order valence-corrected chi connectivity index (χ4v) is 2.47. The lowest BCUT2D eigenvalue weighted by molar-refractivity contribution is 0.190. The first-order valence-corrected chi connectivity index (χ1v) is 7.18. The van der Waals surface area contributed by atoms with Gasteiger partial charge in [-0.25, -0.2) is 0 Å². The molecule has 1 unspecified atom stereocenters. The van der Waals surface area contributed by atoms with Crippen LogP contribution in [0.4, 0.5) is 0 Å². The van der Waals surface area contributed by atoms with Crippen LogP contribution < -0.4 is 5.32 Å². The largest absolute Gasteiger partial charge is 0.314 e. The number of likely N-dealkylation sites (tertiary alicyclic amines) is 1. The molecular weight excluding hydrogens is 196 g/mol. The minimum Gasteiger partial charge on any atom is -0.314 e. The third kappa shape index (κ3) is 5.86. The molecule has 0 radical (unpaired) electrons. The predicted octanol–water partition coefficient (Wildman–Crippen LogP) is 2.89. The quantitative estimate of drug-likeness (QED) is 0.672. The van der Waals surface area contributed by atoms with Gasteiger partial charge in [-0.1, -0.05) is 20.3 Å². The van der Waals surface area contributed by atoms with Crippen molar-refractivity contribution in [2.45, 2.75) is 58.9 Å². The Morgan fingerprint density at radius 1 is 1.31 bits per heavy atom. The van der Waals surface area contributed by atoms with Crippen molar-refractivity contribution in [2.75, 3.05) is 26.2 Å². The van der Waals surface area contributed by atoms with E-state index in [0.717, 1.165) is 5.92 Å². The van der Waals surface area contributed by atoms with E-state index in [1.165, 1.54) is 58.3 Å². The molecule has 0 aromatic carbocycles. The summed E-state index contributed by atoms with van der Waals surface area (Å²) in [5, 5.41) is 3.61. The van der Waals surface area contributed by atoms with Crippen molar-refractivity contribution in [3.8, 4) is 0 Å². The second kappa shape index (κ2) is 8.08. The number of rotatable bonds is 7. The fourth-order valence-electron chi connectivity index (χ4n) is 2.47. The molecule has 0 bridgehead atoms. The summed E-state index contributed by atoms with van der Waals surface area (Å²) in [5.41, 5.74) is 0. The summed E-state index contributed by atoms with van der Waals surface area (Å²) >= 11 is 0. The Kier molecular flexibility index (Phi) is 7.06. The summed E-state index contributed by atoms with van der Waals surface area (Å²) in [7, 11) is 0. The van der Waals surface area contributed by atoms with E-state index in [2.05, 4.69) is 31.0 Å². The smallest absolute Gasteiger partial charge is 0.00386 e. The zero-order chi connectivity index (χ0) is 11.8. The Labute approximate surface area is 102 Å². The van der Waals surface area contributed by atoms with Gasteiger partial charge >= 0.3 is 0 Å². The third-order valence-electron chi connectivity index (χ3n) is 3.74. The molecule has 0 saturated carbocycles. The summed E-state index contributed by atoms with van der Waals surface area (Å²) in [6, 6.07) is 0.700. The molecular formula is C14H30N2. The summed E-state index contributed by atoms with van der Waals surface area (Å²) < 4.78 is 0. The second-order valence-electron chi connectivity index (χ2n) is 5.52. The minimum absolute atomic E-state index is 0.700. The van der Waals surface area contributed by atoms with E-state index in [-0.39, 0.29) is 0 Å². The maximum absolute atomic E-state index is 3.61. The molecule has 1 aliphatic heterocycles. The van der Waals surface area contributed by atoms with Crippen molar-refractivity contribution in [1.29, 1.82) is 0 Å². The molecule has 1 N–H and O–H groups in total. The molecule has 1 heterocycles. The van der Waals surface area contributed by atoms with Crippen LogP contribution in [0.25, 0.3) is 0 Å². The summed E-state index contributed by atoms with van der Waals surface area (Å²) in [6.07, 6.45) is 6.71. The van der Waals surface area contributed by atoms with Gasteiger partial charge in [0.1, 0.15) is 0 Å². The van der Waals surface area contributed by atoms with Crippen LogP contribution >= 0.6 is 0 Å². The van der Waals surface area contributed by atoms with E-state index in [9.17, 15) is 0 Å². The summed E-state index contributed by atoms with van der Waals surface area (Å²) in [5.74, 6) is 0.957. The first-order chi connectivity index (χ1) is 7.72. The standard InChI is InChI=1S/C14H30N2/c1-4-6-14(3)15-9-5-10-16-11-7-13(2)8-12-16/h13-15H,4-12H2,1-3H3. The van der Waals surface area contributed by atoms with Gasteiger partial charge < -0.3 is 10.2 Å². The fraction of sp³-hybridized carbons (Fsp3) is 1.00. The first kappa shape index (κ1) is 14.0. The van der Waals surface area contributed by atoms with E-state index < -0.39 is 0 Å². The highest BCUT2D eigenvalue weighted by Crippen LogP contribution is 2.15. The maximum Gasteiger partial charge on any atom is 0.00386 e. The molecule has 2 heteroatoms. The van der Waals surface area contributed by atoms with Crippen LogP contribution in [0.15, 0.2) is 0 Å². The van der Waals surface area contributed by atoms with Gasteiger partial charge in [0.05, 0.1) is 0 Å². The van der Waals surface area contributed by atoms with Crippen molar-refractivity contribution in [1.82, 2.24) is 10.2 Å². The molecule has 0 spiro atoms. The minimum atomic E-state index is 0.700. The highest BCUT2D eigenvalue weighted by molar-refractivity contribution is 4.69. The van der Waals surface area contributed by atoms with Gasteiger partial charge in [-0.2, -0.15) is 0 Å². The van der Waals surface area contributed by atoms with E-state index in [1.54, 1.807) is 0 Å². The number of hydrogen-bond acceptors (Lipinski definition) is 2. The van der Waals surface area contributed by atoms with Gasteiger partial charge in [0, 0.05) is 6.04 Å². The van der Waals surface area contributed by atoms with Gasteiger partial charge in [-0.15, -0.1) is 0 Å². The van der Waals surface area contributed by atoms with Crippen LogP contribution in [0.1, 0.15) is 52.9 Å². The SMILES string of the molecule is CCCC(C)NCCCN1CCC(C)CC1. The Hall–Kier alpha value is -0.0800. The molecule has 96 valence electrons. The lowest BCUT2D eigenvalue weighted by atomic mass is 9.99. The van der Waals surface area contributed by atoms with Gasteiger partial charge in [0.25, 0.3) is 0 Å². The molecule has 0 aromatic heterocycles. The van der Waals surface area contributed by atoms with Gasteiger partial charge in [-0.05, 0) is 64.7 Å². The highest BCUT2D eigenvalue weighted by Gasteiger charge is 2.14. The lowest BCUT2D eigenvalue weighted by Gasteiger charge is -2.30. The Balaban J connectivity index is 1.95. The molecule has 1 rings (SSSR count). The van der Waals surface area contributed by atoms with E-state index in [0.29, 0.717) is 6.04 Å². The molecule has 16 heavy (non-hydrogen) atoms. The third-order valence-corrected chi connectivity index (χ3v) is 3.74. The van der Waals surface area contributed by atoms with Gasteiger partial charge in [0.15, 0.2) is 0 Å². The second-order valence-corrected chi connectivity index (χ2v) is 5.52. The average Bonchev–Trinajstić information content (AvgIpc) is 2.27. The monoisotopic (exact) mass is 226 g/mol. The molecule has 0 aliphatic carbocycles. The van der Waals surface area contributed by atoms with Crippen LogP contribution in [0.2, 0.25) is 0 Å². The van der Waals surface area contributed by atoms with Crippen molar-refractivity contribution < 1.29 is 0 Å². The topological polar surface area (TPSA) is 15.3 Å². The zero-order valence-corrected chi connectivity index (χ0v) is 11.5. The number of piperidine rings is 1. The number of nitrogens with one attached hydrogen (secondary N) is 1. The molecule has 0 aromatic rings. The van der Waals surface area contributed by atoms with E-state index in [1.807, 2.05) is 0 Å². The van der Waals surface area contributed by atoms with Crippen molar-refractivity contribution >= 4 is 0 Å². The molecule has 1 fully saturated rings. The van der Waals surface area contributed by atoms with Crippen LogP contribution in [0.3, 0.4) is 0 Å². The molecule has 1 aliphatic rings. The molecule has 1 saturated heterocycles. The number of hydrogen-bond donors (Lipinski definition) is 1. The van der Waals surface area contributed by atoms with Gasteiger partial charge in [0.2, 0.25) is 0 Å². The number of nitrogens with zero attached hydrogens (tertiary/aromatic N) is 1. The highest BCUT2D eigenvalue weighted by atomic mass is 15.1. The predicted molar refractivity (Wildman–Crippen MR) is 71.8 cm³/mol. The van der Waals surface area contributed by atoms with Crippen LogP contribution in [-0.4, -0.2) is 37.1 Å². The Morgan fingerprint density at radius 3 is 2.62 bits per heavy atom. The molecule has 0 amide bonds. The van der Waals surface area contributed by atoms with Gasteiger partial charge in [-0.3, -0.25) is 0 Å². The van der Waals surface area contributed by atoms with E-state index >= 15 is 0 Å². The van der Waals surface area contributed by atoms with Crippen LogP contribution in [0, 0.1) is 5.92 Å². The van der Waals surface area contributed by atoms with E-state index in [4.69, 9.17) is 0 Å². The van der Waals surface area contributed by atoms with Crippen LogP contribution in [0.5, 0.6) is 0 Å². The van der Waals surface area contributed by atoms with Crippen molar-refractivity contribution in [3.63, 3.8) is 0 Å². The van der Waals surface area contributed by atoms with Crippen LogP contribution in [-0.2, 0) is 0 Å². The summed E-state index contributed by atoms with van der Waals surface area (Å²) in [4.78, 5) is 2.63. The maximum atomic E-state index is 3.61. The van der Waals surface area contributed by atoms with Crippen molar-refractivity contribution in [3.05, 3.63) is 0 Å². The normalized spacial score (nSPS) is 21.2. The molecule has 1 atom stereocenters.